The molecule has 0 fully saturated rings. The van der Waals surface area contributed by atoms with Crippen LogP contribution in [0.15, 0.2) is 77.4 Å². The smallest absolute Gasteiger partial charge is 0.304 e. The summed E-state index contributed by atoms with van der Waals surface area (Å²) in [4.78, 5) is 16.1. The van der Waals surface area contributed by atoms with E-state index in [-0.39, 0.29) is 10.6 Å². The van der Waals surface area contributed by atoms with E-state index < -0.39 is 0 Å². The minimum absolute atomic E-state index is 0.0477. The standard InChI is InChI=1S/C22H15BrN2O3/c1-28-22-17-12-16(14-8-4-2-5-9-14)13-24-20(17)21(25(26)27)18(19(22)23)15-10-6-3-7-11-15/h2-13H,1H3. The lowest BCUT2D eigenvalue weighted by atomic mass is 9.98. The van der Waals surface area contributed by atoms with Gasteiger partial charge in [-0.3, -0.25) is 10.1 Å². The lowest BCUT2D eigenvalue weighted by Gasteiger charge is -2.14. The molecular weight excluding hydrogens is 420 g/mol. The molecule has 0 bridgehead atoms. The van der Waals surface area contributed by atoms with Crippen molar-refractivity contribution in [1.82, 2.24) is 4.98 Å². The molecule has 4 aromatic rings. The van der Waals surface area contributed by atoms with Crippen molar-refractivity contribution in [2.24, 2.45) is 0 Å². The maximum absolute atomic E-state index is 12.0. The largest absolute Gasteiger partial charge is 0.495 e. The second-order valence-electron chi connectivity index (χ2n) is 6.18. The van der Waals surface area contributed by atoms with Gasteiger partial charge in [0.15, 0.2) is 5.52 Å². The Morgan fingerprint density at radius 2 is 1.57 bits per heavy atom. The molecule has 0 aliphatic heterocycles. The molecule has 0 amide bonds. The van der Waals surface area contributed by atoms with Gasteiger partial charge in [-0.05, 0) is 33.1 Å². The summed E-state index contributed by atoms with van der Waals surface area (Å²) < 4.78 is 6.17. The van der Waals surface area contributed by atoms with Gasteiger partial charge < -0.3 is 4.74 Å². The van der Waals surface area contributed by atoms with E-state index in [1.54, 1.807) is 13.3 Å². The van der Waals surface area contributed by atoms with Crippen LogP contribution in [0.1, 0.15) is 0 Å². The Balaban J connectivity index is 2.09. The number of nitro groups is 1. The van der Waals surface area contributed by atoms with E-state index in [4.69, 9.17) is 4.74 Å². The number of hydrogen-bond donors (Lipinski definition) is 0. The third-order valence-electron chi connectivity index (χ3n) is 4.57. The first kappa shape index (κ1) is 18.1. The normalized spacial score (nSPS) is 10.8. The fraction of sp³-hybridized carbons (Fsp3) is 0.0455. The number of pyridine rings is 1. The number of methoxy groups -OCH3 is 1. The fourth-order valence-corrected chi connectivity index (χ4v) is 4.11. The van der Waals surface area contributed by atoms with E-state index in [0.29, 0.717) is 26.7 Å². The Morgan fingerprint density at radius 1 is 0.964 bits per heavy atom. The van der Waals surface area contributed by atoms with Crippen molar-refractivity contribution in [3.63, 3.8) is 0 Å². The summed E-state index contributed by atoms with van der Waals surface area (Å²) in [6, 6.07) is 20.8. The van der Waals surface area contributed by atoms with Gasteiger partial charge in [0, 0.05) is 11.8 Å². The van der Waals surface area contributed by atoms with Crippen molar-refractivity contribution in [2.45, 2.75) is 0 Å². The molecule has 3 aromatic carbocycles. The van der Waals surface area contributed by atoms with Crippen LogP contribution in [0.5, 0.6) is 5.75 Å². The zero-order valence-electron chi connectivity index (χ0n) is 14.9. The van der Waals surface area contributed by atoms with Crippen molar-refractivity contribution < 1.29 is 9.66 Å². The van der Waals surface area contributed by atoms with Gasteiger partial charge in [-0.25, -0.2) is 4.98 Å². The summed E-state index contributed by atoms with van der Waals surface area (Å²) in [5.74, 6) is 0.518. The van der Waals surface area contributed by atoms with E-state index in [2.05, 4.69) is 20.9 Å². The molecule has 0 saturated heterocycles. The highest BCUT2D eigenvalue weighted by molar-refractivity contribution is 9.10. The SMILES string of the molecule is COc1c(Br)c(-c2ccccc2)c([N+](=O)[O-])c2ncc(-c3ccccc3)cc12. The van der Waals surface area contributed by atoms with Crippen LogP contribution in [0, 0.1) is 10.1 Å². The van der Waals surface area contributed by atoms with Crippen LogP contribution in [0.25, 0.3) is 33.2 Å². The molecule has 0 N–H and O–H groups in total. The van der Waals surface area contributed by atoms with Crippen molar-refractivity contribution >= 4 is 32.5 Å². The Bertz CT molecular complexity index is 1180. The number of nitrogens with zero attached hydrogens (tertiary/aromatic N) is 2. The van der Waals surface area contributed by atoms with Crippen molar-refractivity contribution in [3.05, 3.63) is 87.5 Å². The monoisotopic (exact) mass is 434 g/mol. The van der Waals surface area contributed by atoms with Crippen LogP contribution in [0.4, 0.5) is 5.69 Å². The van der Waals surface area contributed by atoms with Gasteiger partial charge >= 0.3 is 5.69 Å². The topological polar surface area (TPSA) is 65.3 Å². The molecule has 0 aliphatic carbocycles. The summed E-state index contributed by atoms with van der Waals surface area (Å²) in [7, 11) is 1.55. The van der Waals surface area contributed by atoms with Gasteiger partial charge in [-0.15, -0.1) is 0 Å². The van der Waals surface area contributed by atoms with E-state index in [0.717, 1.165) is 16.7 Å². The van der Waals surface area contributed by atoms with Gasteiger partial charge in [0.2, 0.25) is 0 Å². The molecule has 28 heavy (non-hydrogen) atoms. The minimum Gasteiger partial charge on any atom is -0.495 e. The van der Waals surface area contributed by atoms with E-state index in [9.17, 15) is 10.1 Å². The van der Waals surface area contributed by atoms with Crippen LogP contribution < -0.4 is 4.74 Å². The quantitative estimate of drug-likeness (QED) is 0.281. The number of hydrogen-bond acceptors (Lipinski definition) is 4. The van der Waals surface area contributed by atoms with Crippen LogP contribution in [-0.2, 0) is 0 Å². The van der Waals surface area contributed by atoms with Gasteiger partial charge in [0.25, 0.3) is 0 Å². The number of rotatable bonds is 4. The number of nitro benzene ring substituents is 1. The van der Waals surface area contributed by atoms with Crippen molar-refractivity contribution in [1.29, 1.82) is 0 Å². The highest BCUT2D eigenvalue weighted by Gasteiger charge is 2.28. The lowest BCUT2D eigenvalue weighted by Crippen LogP contribution is -2.00. The van der Waals surface area contributed by atoms with Gasteiger partial charge in [0.05, 0.1) is 27.5 Å². The van der Waals surface area contributed by atoms with Crippen LogP contribution >= 0.6 is 15.9 Å². The number of halogens is 1. The van der Waals surface area contributed by atoms with Gasteiger partial charge in [0.1, 0.15) is 5.75 Å². The highest BCUT2D eigenvalue weighted by Crippen LogP contribution is 2.48. The summed E-state index contributed by atoms with van der Waals surface area (Å²) >= 11 is 3.54. The number of fused-ring (bicyclic) bond motifs is 1. The Hall–Kier alpha value is -3.25. The van der Waals surface area contributed by atoms with Gasteiger partial charge in [-0.2, -0.15) is 0 Å². The molecule has 138 valence electrons. The second kappa shape index (κ2) is 7.40. The zero-order chi connectivity index (χ0) is 19.7. The van der Waals surface area contributed by atoms with Gasteiger partial charge in [-0.1, -0.05) is 60.7 Å². The molecule has 6 heteroatoms. The Labute approximate surface area is 169 Å². The number of aromatic nitrogens is 1. The summed E-state index contributed by atoms with van der Waals surface area (Å²) in [5, 5.41) is 12.6. The average Bonchev–Trinajstić information content (AvgIpc) is 2.73. The molecule has 0 saturated carbocycles. The molecule has 5 nitrogen and oxygen atoms in total. The molecule has 0 unspecified atom stereocenters. The molecular formula is C22H15BrN2O3. The summed E-state index contributed by atoms with van der Waals surface area (Å²) in [6.07, 6.45) is 1.66. The molecule has 0 atom stereocenters. The number of ether oxygens (including phenoxy) is 1. The van der Waals surface area contributed by atoms with Crippen molar-refractivity contribution in [3.8, 4) is 28.0 Å². The molecule has 4 rings (SSSR count). The molecule has 1 aromatic heterocycles. The second-order valence-corrected chi connectivity index (χ2v) is 6.97. The fourth-order valence-electron chi connectivity index (χ4n) is 3.31. The predicted molar refractivity (Wildman–Crippen MR) is 114 cm³/mol. The number of benzene rings is 3. The maximum atomic E-state index is 12.0. The Morgan fingerprint density at radius 3 is 2.14 bits per heavy atom. The van der Waals surface area contributed by atoms with E-state index in [1.165, 1.54) is 0 Å². The predicted octanol–water partition coefficient (Wildman–Crippen LogP) is 6.25. The first-order valence-corrected chi connectivity index (χ1v) is 9.35. The maximum Gasteiger partial charge on any atom is 0.304 e. The van der Waals surface area contributed by atoms with Crippen LogP contribution in [-0.4, -0.2) is 17.0 Å². The third kappa shape index (κ3) is 3.01. The highest BCUT2D eigenvalue weighted by atomic mass is 79.9. The Kier molecular flexibility index (Phi) is 4.79. The van der Waals surface area contributed by atoms with E-state index in [1.807, 2.05) is 66.7 Å². The van der Waals surface area contributed by atoms with Crippen LogP contribution in [0.3, 0.4) is 0 Å². The molecule has 0 spiro atoms. The first-order chi connectivity index (χ1) is 13.6. The summed E-state index contributed by atoms with van der Waals surface area (Å²) in [6.45, 7) is 0. The van der Waals surface area contributed by atoms with Crippen LogP contribution in [0.2, 0.25) is 0 Å². The minimum atomic E-state index is -0.385. The molecule has 0 radical (unpaired) electrons. The average molecular weight is 435 g/mol. The lowest BCUT2D eigenvalue weighted by molar-refractivity contribution is -0.382. The third-order valence-corrected chi connectivity index (χ3v) is 5.33. The molecule has 1 heterocycles. The first-order valence-electron chi connectivity index (χ1n) is 8.56. The van der Waals surface area contributed by atoms with Crippen molar-refractivity contribution in [2.75, 3.05) is 7.11 Å². The summed E-state index contributed by atoms with van der Waals surface area (Å²) in [5.41, 5.74) is 3.26. The van der Waals surface area contributed by atoms with E-state index >= 15 is 0 Å². The molecule has 0 aliphatic rings. The zero-order valence-corrected chi connectivity index (χ0v) is 16.5.